The van der Waals surface area contributed by atoms with E-state index in [0.29, 0.717) is 38.6 Å². The minimum atomic E-state index is -0.900. The Bertz CT molecular complexity index is 1350. The molecule has 9 nitrogen and oxygen atoms in total. The predicted octanol–water partition coefficient (Wildman–Crippen LogP) is 4.72. The number of para-hydroxylation sites is 1. The Morgan fingerprint density at radius 1 is 0.921 bits per heavy atom. The first kappa shape index (κ1) is 28.6. The normalized spacial score (nSPS) is 10.7. The molecular formula is C28H29IN4O5. The van der Waals surface area contributed by atoms with Crippen molar-refractivity contribution >= 4 is 57.9 Å². The molecule has 3 aromatic carbocycles. The molecule has 3 N–H and O–H groups in total. The van der Waals surface area contributed by atoms with Crippen LogP contribution >= 0.6 is 22.6 Å². The maximum absolute atomic E-state index is 12.4. The lowest BCUT2D eigenvalue weighted by Crippen LogP contribution is -2.32. The topological polar surface area (TPSA) is 118 Å². The van der Waals surface area contributed by atoms with Gasteiger partial charge in [-0.1, -0.05) is 30.3 Å². The third-order valence-electron chi connectivity index (χ3n) is 5.29. The van der Waals surface area contributed by atoms with E-state index in [-0.39, 0.29) is 12.5 Å². The molecule has 0 radical (unpaired) electrons. The Balaban J connectivity index is 1.63. The van der Waals surface area contributed by atoms with Gasteiger partial charge in [-0.05, 0) is 96.8 Å². The summed E-state index contributed by atoms with van der Waals surface area (Å²) >= 11 is 2.07. The molecule has 10 heteroatoms. The lowest BCUT2D eigenvalue weighted by molar-refractivity contribution is -0.136. The van der Waals surface area contributed by atoms with E-state index in [1.807, 2.05) is 64.1 Å². The number of amides is 3. The number of hydrazone groups is 1. The third kappa shape index (κ3) is 8.04. The molecule has 0 aliphatic rings. The number of nitrogens with one attached hydrogen (secondary N) is 3. The number of hydrogen-bond donors (Lipinski definition) is 3. The molecule has 0 fully saturated rings. The molecular weight excluding hydrogens is 599 g/mol. The van der Waals surface area contributed by atoms with Crippen molar-refractivity contribution < 1.29 is 23.9 Å². The number of benzene rings is 3. The van der Waals surface area contributed by atoms with Crippen LogP contribution < -0.4 is 25.5 Å². The predicted molar refractivity (Wildman–Crippen MR) is 156 cm³/mol. The van der Waals surface area contributed by atoms with Gasteiger partial charge in [-0.3, -0.25) is 14.4 Å². The van der Waals surface area contributed by atoms with E-state index in [2.05, 4.69) is 43.8 Å². The van der Waals surface area contributed by atoms with Crippen LogP contribution in [0.2, 0.25) is 0 Å². The van der Waals surface area contributed by atoms with E-state index in [4.69, 9.17) is 9.47 Å². The average Bonchev–Trinajstić information content (AvgIpc) is 2.86. The highest BCUT2D eigenvalue weighted by Crippen LogP contribution is 2.34. The van der Waals surface area contributed by atoms with Crippen molar-refractivity contribution in [3.63, 3.8) is 0 Å². The van der Waals surface area contributed by atoms with Gasteiger partial charge in [0.05, 0.1) is 16.4 Å². The van der Waals surface area contributed by atoms with Crippen molar-refractivity contribution in [3.05, 3.63) is 80.4 Å². The van der Waals surface area contributed by atoms with Crippen LogP contribution in [-0.2, 0) is 14.4 Å². The number of nitrogens with zero attached hydrogens (tertiary/aromatic N) is 1. The van der Waals surface area contributed by atoms with Crippen molar-refractivity contribution in [2.24, 2.45) is 5.10 Å². The van der Waals surface area contributed by atoms with Crippen LogP contribution in [-0.4, -0.2) is 37.1 Å². The summed E-state index contributed by atoms with van der Waals surface area (Å²) < 4.78 is 12.2. The summed E-state index contributed by atoms with van der Waals surface area (Å²) in [5, 5.41) is 9.32. The summed E-state index contributed by atoms with van der Waals surface area (Å²) in [5.74, 6) is -1.19. The van der Waals surface area contributed by atoms with Crippen molar-refractivity contribution in [3.8, 4) is 11.5 Å². The highest BCUT2D eigenvalue weighted by molar-refractivity contribution is 14.1. The molecule has 0 atom stereocenters. The van der Waals surface area contributed by atoms with Crippen molar-refractivity contribution in [1.29, 1.82) is 0 Å². The van der Waals surface area contributed by atoms with Crippen LogP contribution in [0.3, 0.4) is 0 Å². The van der Waals surface area contributed by atoms with E-state index in [1.54, 1.807) is 18.2 Å². The summed E-state index contributed by atoms with van der Waals surface area (Å²) in [6.45, 7) is 7.64. The standard InChI is InChI=1S/C28H29IN4O5/c1-5-37-23-14-20(15-30-33-28(36)27(35)32-25-18(3)9-7-10-19(25)4)13-22(29)26(23)38-16-24(34)31-21-11-6-8-17(2)12-21/h6-15H,5,16H2,1-4H3,(H,31,34)(H,32,35)(H,33,36)/b30-15-. The highest BCUT2D eigenvalue weighted by atomic mass is 127. The molecule has 0 spiro atoms. The summed E-state index contributed by atoms with van der Waals surface area (Å²) in [4.78, 5) is 36.9. The molecule has 0 saturated carbocycles. The molecule has 0 aliphatic heterocycles. The number of ether oxygens (including phenoxy) is 2. The molecule has 0 saturated heterocycles. The average molecular weight is 628 g/mol. The molecule has 3 aromatic rings. The van der Waals surface area contributed by atoms with Gasteiger partial charge in [0, 0.05) is 11.4 Å². The number of rotatable bonds is 9. The van der Waals surface area contributed by atoms with E-state index in [1.165, 1.54) is 6.21 Å². The zero-order valence-corrected chi connectivity index (χ0v) is 23.7. The van der Waals surface area contributed by atoms with Gasteiger partial charge >= 0.3 is 11.8 Å². The fourth-order valence-corrected chi connectivity index (χ4v) is 4.30. The van der Waals surface area contributed by atoms with Gasteiger partial charge in [-0.15, -0.1) is 0 Å². The molecule has 0 bridgehead atoms. The molecule has 3 amide bonds. The maximum Gasteiger partial charge on any atom is 0.329 e. The molecule has 198 valence electrons. The van der Waals surface area contributed by atoms with Crippen molar-refractivity contribution in [2.45, 2.75) is 27.7 Å². The van der Waals surface area contributed by atoms with Crippen molar-refractivity contribution in [1.82, 2.24) is 5.43 Å². The van der Waals surface area contributed by atoms with Crippen LogP contribution in [0.25, 0.3) is 0 Å². The SMILES string of the molecule is CCOc1cc(/C=N\NC(=O)C(=O)Nc2c(C)cccc2C)cc(I)c1OCC(=O)Nc1cccc(C)c1. The Morgan fingerprint density at radius 2 is 1.63 bits per heavy atom. The summed E-state index contributed by atoms with van der Waals surface area (Å²) in [6.07, 6.45) is 1.39. The van der Waals surface area contributed by atoms with Gasteiger partial charge in [0.1, 0.15) is 0 Å². The van der Waals surface area contributed by atoms with Gasteiger partial charge < -0.3 is 20.1 Å². The van der Waals surface area contributed by atoms with E-state index in [9.17, 15) is 14.4 Å². The second kappa shape index (κ2) is 13.6. The van der Waals surface area contributed by atoms with Gasteiger partial charge in [-0.2, -0.15) is 5.10 Å². The molecule has 0 heterocycles. The van der Waals surface area contributed by atoms with E-state index >= 15 is 0 Å². The Labute approximate surface area is 235 Å². The monoisotopic (exact) mass is 628 g/mol. The number of anilines is 2. The van der Waals surface area contributed by atoms with Crippen LogP contribution in [0.5, 0.6) is 11.5 Å². The number of halogens is 1. The fourth-order valence-electron chi connectivity index (χ4n) is 3.52. The summed E-state index contributed by atoms with van der Waals surface area (Å²) in [5.41, 5.74) is 6.85. The fraction of sp³-hybridized carbons (Fsp3) is 0.214. The van der Waals surface area contributed by atoms with Crippen molar-refractivity contribution in [2.75, 3.05) is 23.8 Å². The summed E-state index contributed by atoms with van der Waals surface area (Å²) in [7, 11) is 0. The van der Waals surface area contributed by atoms with Gasteiger partial charge in [0.15, 0.2) is 18.1 Å². The molecule has 3 rings (SSSR count). The van der Waals surface area contributed by atoms with Crippen LogP contribution in [0.1, 0.15) is 29.2 Å². The van der Waals surface area contributed by atoms with Gasteiger partial charge in [-0.25, -0.2) is 5.43 Å². The lowest BCUT2D eigenvalue weighted by atomic mass is 10.1. The lowest BCUT2D eigenvalue weighted by Gasteiger charge is -2.14. The second-order valence-electron chi connectivity index (χ2n) is 8.39. The van der Waals surface area contributed by atoms with Crippen LogP contribution in [0, 0.1) is 24.3 Å². The van der Waals surface area contributed by atoms with Gasteiger partial charge in [0.25, 0.3) is 5.91 Å². The Kier molecular flexibility index (Phi) is 10.2. The Hall–Kier alpha value is -3.93. The minimum absolute atomic E-state index is 0.205. The number of carbonyl (C=O) groups is 3. The molecule has 0 unspecified atom stereocenters. The zero-order chi connectivity index (χ0) is 27.7. The Morgan fingerprint density at radius 3 is 2.32 bits per heavy atom. The number of carbonyl (C=O) groups excluding carboxylic acids is 3. The van der Waals surface area contributed by atoms with Crippen LogP contribution in [0.4, 0.5) is 11.4 Å². The number of hydrogen-bond acceptors (Lipinski definition) is 6. The first-order chi connectivity index (χ1) is 18.2. The third-order valence-corrected chi connectivity index (χ3v) is 6.09. The van der Waals surface area contributed by atoms with E-state index < -0.39 is 11.8 Å². The summed E-state index contributed by atoms with van der Waals surface area (Å²) in [6, 6.07) is 16.5. The molecule has 0 aromatic heterocycles. The largest absolute Gasteiger partial charge is 0.490 e. The quantitative estimate of drug-likeness (QED) is 0.137. The van der Waals surface area contributed by atoms with Gasteiger partial charge in [0.2, 0.25) is 0 Å². The van der Waals surface area contributed by atoms with Crippen LogP contribution in [0.15, 0.2) is 59.7 Å². The number of aryl methyl sites for hydroxylation is 3. The first-order valence-corrected chi connectivity index (χ1v) is 12.9. The minimum Gasteiger partial charge on any atom is -0.490 e. The highest BCUT2D eigenvalue weighted by Gasteiger charge is 2.16. The molecule has 0 aliphatic carbocycles. The zero-order valence-electron chi connectivity index (χ0n) is 21.6. The second-order valence-corrected chi connectivity index (χ2v) is 9.55. The first-order valence-electron chi connectivity index (χ1n) is 11.8. The van der Waals surface area contributed by atoms with E-state index in [0.717, 1.165) is 16.7 Å². The molecule has 38 heavy (non-hydrogen) atoms. The smallest absolute Gasteiger partial charge is 0.329 e. The maximum atomic E-state index is 12.4.